The summed E-state index contributed by atoms with van der Waals surface area (Å²) >= 11 is 0. The van der Waals surface area contributed by atoms with E-state index in [0.717, 1.165) is 16.3 Å². The molecule has 0 saturated heterocycles. The molecule has 25 heavy (non-hydrogen) atoms. The Balaban J connectivity index is 1.79. The number of rotatable bonds is 4. The van der Waals surface area contributed by atoms with Crippen molar-refractivity contribution in [3.63, 3.8) is 0 Å². The minimum absolute atomic E-state index is 0.0920. The molecule has 6 heteroatoms. The minimum Gasteiger partial charge on any atom is -0.267 e. The summed E-state index contributed by atoms with van der Waals surface area (Å²) in [6, 6.07) is 18.0. The summed E-state index contributed by atoms with van der Waals surface area (Å²) in [6.45, 7) is 1.62. The molecule has 0 aliphatic rings. The van der Waals surface area contributed by atoms with Crippen LogP contribution in [0.25, 0.3) is 10.8 Å². The van der Waals surface area contributed by atoms with E-state index in [1.54, 1.807) is 19.2 Å². The SMILES string of the molecule is Cc1ccc(C(=O)NN=Cc2cccc3ccccc23)cc1[N+](=O)[O-]. The van der Waals surface area contributed by atoms with Crippen molar-refractivity contribution in [1.82, 2.24) is 5.43 Å². The molecule has 0 unspecified atom stereocenters. The van der Waals surface area contributed by atoms with E-state index in [1.807, 2.05) is 42.5 Å². The third kappa shape index (κ3) is 3.53. The van der Waals surface area contributed by atoms with Crippen molar-refractivity contribution < 1.29 is 9.72 Å². The summed E-state index contributed by atoms with van der Waals surface area (Å²) in [6.07, 6.45) is 1.56. The number of nitro benzene ring substituents is 1. The summed E-state index contributed by atoms with van der Waals surface area (Å²) in [5.74, 6) is -0.500. The van der Waals surface area contributed by atoms with Crippen LogP contribution in [0.15, 0.2) is 65.8 Å². The van der Waals surface area contributed by atoms with Gasteiger partial charge in [0.05, 0.1) is 11.1 Å². The van der Waals surface area contributed by atoms with Gasteiger partial charge < -0.3 is 0 Å². The lowest BCUT2D eigenvalue weighted by Crippen LogP contribution is -2.17. The molecular weight excluding hydrogens is 318 g/mol. The van der Waals surface area contributed by atoms with Crippen LogP contribution in [-0.4, -0.2) is 17.0 Å². The zero-order valence-electron chi connectivity index (χ0n) is 13.5. The van der Waals surface area contributed by atoms with Crippen LogP contribution in [0, 0.1) is 17.0 Å². The van der Waals surface area contributed by atoms with Gasteiger partial charge >= 0.3 is 0 Å². The van der Waals surface area contributed by atoms with E-state index in [2.05, 4.69) is 10.5 Å². The van der Waals surface area contributed by atoms with Crippen LogP contribution in [0.1, 0.15) is 21.5 Å². The average molecular weight is 333 g/mol. The maximum atomic E-state index is 12.1. The Morgan fingerprint density at radius 2 is 1.88 bits per heavy atom. The minimum atomic E-state index is -0.508. The maximum absolute atomic E-state index is 12.1. The van der Waals surface area contributed by atoms with Gasteiger partial charge in [0.15, 0.2) is 0 Å². The molecule has 0 aliphatic heterocycles. The van der Waals surface area contributed by atoms with Crippen molar-refractivity contribution in [2.45, 2.75) is 6.92 Å². The second-order valence-electron chi connectivity index (χ2n) is 5.53. The predicted octanol–water partition coefficient (Wildman–Crippen LogP) is 3.82. The number of hydrazone groups is 1. The fraction of sp³-hybridized carbons (Fsp3) is 0.0526. The van der Waals surface area contributed by atoms with Crippen molar-refractivity contribution in [2.24, 2.45) is 5.10 Å². The molecule has 6 nitrogen and oxygen atoms in total. The lowest BCUT2D eigenvalue weighted by Gasteiger charge is -2.03. The normalized spacial score (nSPS) is 10.9. The number of aryl methyl sites for hydroxylation is 1. The van der Waals surface area contributed by atoms with Crippen LogP contribution >= 0.6 is 0 Å². The summed E-state index contributed by atoms with van der Waals surface area (Å²) in [5, 5.41) is 17.0. The highest BCUT2D eigenvalue weighted by atomic mass is 16.6. The van der Waals surface area contributed by atoms with E-state index in [1.165, 1.54) is 12.1 Å². The standard InChI is InChI=1S/C19H15N3O3/c1-13-9-10-15(11-18(13)22(24)25)19(23)21-20-12-16-7-4-6-14-5-2-3-8-17(14)16/h2-12H,1H3,(H,21,23). The Labute approximate surface area is 143 Å². The van der Waals surface area contributed by atoms with Gasteiger partial charge in [-0.1, -0.05) is 48.5 Å². The zero-order valence-corrected chi connectivity index (χ0v) is 13.5. The lowest BCUT2D eigenvalue weighted by atomic mass is 10.1. The van der Waals surface area contributed by atoms with Gasteiger partial charge in [-0.15, -0.1) is 0 Å². The van der Waals surface area contributed by atoms with E-state index in [-0.39, 0.29) is 11.3 Å². The Bertz CT molecular complexity index is 991. The molecule has 3 rings (SSSR count). The highest BCUT2D eigenvalue weighted by Gasteiger charge is 2.14. The number of nitrogens with zero attached hydrogens (tertiary/aromatic N) is 2. The molecule has 0 radical (unpaired) electrons. The van der Waals surface area contributed by atoms with Gasteiger partial charge in [0.1, 0.15) is 0 Å². The van der Waals surface area contributed by atoms with Gasteiger partial charge in [0.25, 0.3) is 11.6 Å². The molecule has 3 aromatic carbocycles. The molecule has 0 heterocycles. The zero-order chi connectivity index (χ0) is 17.8. The number of nitrogens with one attached hydrogen (secondary N) is 1. The molecule has 0 fully saturated rings. The van der Waals surface area contributed by atoms with E-state index < -0.39 is 10.8 Å². The number of fused-ring (bicyclic) bond motifs is 1. The van der Waals surface area contributed by atoms with Gasteiger partial charge in [-0.25, -0.2) is 5.43 Å². The lowest BCUT2D eigenvalue weighted by molar-refractivity contribution is -0.385. The maximum Gasteiger partial charge on any atom is 0.273 e. The Morgan fingerprint density at radius 3 is 2.68 bits per heavy atom. The summed E-state index contributed by atoms with van der Waals surface area (Å²) in [4.78, 5) is 22.6. The molecule has 3 aromatic rings. The van der Waals surface area contributed by atoms with Gasteiger partial charge in [-0.3, -0.25) is 14.9 Å². The molecule has 1 amide bonds. The molecule has 1 N–H and O–H groups in total. The van der Waals surface area contributed by atoms with Gasteiger partial charge in [0.2, 0.25) is 0 Å². The second-order valence-corrected chi connectivity index (χ2v) is 5.53. The third-order valence-electron chi connectivity index (χ3n) is 3.86. The Kier molecular flexibility index (Phi) is 4.52. The van der Waals surface area contributed by atoms with Gasteiger partial charge in [-0.05, 0) is 23.8 Å². The summed E-state index contributed by atoms with van der Waals surface area (Å²) < 4.78 is 0. The highest BCUT2D eigenvalue weighted by Crippen LogP contribution is 2.19. The number of carbonyl (C=O) groups is 1. The van der Waals surface area contributed by atoms with Crippen LogP contribution in [-0.2, 0) is 0 Å². The first kappa shape index (κ1) is 16.3. The second kappa shape index (κ2) is 6.92. The quantitative estimate of drug-likeness (QED) is 0.447. The number of carbonyl (C=O) groups excluding carboxylic acids is 1. The average Bonchev–Trinajstić information content (AvgIpc) is 2.62. The molecular formula is C19H15N3O3. The number of amides is 1. The molecule has 0 spiro atoms. The van der Waals surface area contributed by atoms with Gasteiger partial charge in [-0.2, -0.15) is 5.10 Å². The number of hydrogen-bond acceptors (Lipinski definition) is 4. The van der Waals surface area contributed by atoms with Crippen LogP contribution in [0.2, 0.25) is 0 Å². The number of nitro groups is 1. The van der Waals surface area contributed by atoms with Crippen molar-refractivity contribution in [1.29, 1.82) is 0 Å². The van der Waals surface area contributed by atoms with Crippen LogP contribution in [0.4, 0.5) is 5.69 Å². The van der Waals surface area contributed by atoms with Crippen LogP contribution in [0.5, 0.6) is 0 Å². The first-order chi connectivity index (χ1) is 12.1. The molecule has 0 saturated carbocycles. The predicted molar refractivity (Wildman–Crippen MR) is 96.8 cm³/mol. The van der Waals surface area contributed by atoms with E-state index in [9.17, 15) is 14.9 Å². The molecule has 124 valence electrons. The first-order valence-electron chi connectivity index (χ1n) is 7.62. The topological polar surface area (TPSA) is 84.6 Å². The molecule has 0 aliphatic carbocycles. The Morgan fingerprint density at radius 1 is 1.12 bits per heavy atom. The summed E-state index contributed by atoms with van der Waals surface area (Å²) in [5.41, 5.74) is 3.87. The van der Waals surface area contributed by atoms with E-state index in [0.29, 0.717) is 5.56 Å². The summed E-state index contributed by atoms with van der Waals surface area (Å²) in [7, 11) is 0. The monoisotopic (exact) mass is 333 g/mol. The van der Waals surface area contributed by atoms with Crippen LogP contribution < -0.4 is 5.43 Å². The first-order valence-corrected chi connectivity index (χ1v) is 7.62. The largest absolute Gasteiger partial charge is 0.273 e. The van der Waals surface area contributed by atoms with E-state index in [4.69, 9.17) is 0 Å². The van der Waals surface area contributed by atoms with Crippen molar-refractivity contribution >= 4 is 28.6 Å². The number of benzene rings is 3. The van der Waals surface area contributed by atoms with Crippen LogP contribution in [0.3, 0.4) is 0 Å². The van der Waals surface area contributed by atoms with Gasteiger partial charge in [0, 0.05) is 22.8 Å². The smallest absolute Gasteiger partial charge is 0.267 e. The number of hydrogen-bond donors (Lipinski definition) is 1. The highest BCUT2D eigenvalue weighted by molar-refractivity contribution is 6.00. The third-order valence-corrected chi connectivity index (χ3v) is 3.86. The van der Waals surface area contributed by atoms with Crippen molar-refractivity contribution in [3.8, 4) is 0 Å². The van der Waals surface area contributed by atoms with Crippen molar-refractivity contribution in [2.75, 3.05) is 0 Å². The molecule has 0 aromatic heterocycles. The van der Waals surface area contributed by atoms with Crippen molar-refractivity contribution in [3.05, 3.63) is 87.5 Å². The van der Waals surface area contributed by atoms with E-state index >= 15 is 0 Å². The fourth-order valence-electron chi connectivity index (χ4n) is 2.54. The Hall–Kier alpha value is -3.54. The molecule has 0 bridgehead atoms. The fourth-order valence-corrected chi connectivity index (χ4v) is 2.54. The molecule has 0 atom stereocenters.